The van der Waals surface area contributed by atoms with E-state index >= 15 is 0 Å². The molecule has 0 aliphatic carbocycles. The fraction of sp³-hybridized carbons (Fsp3) is 0.667. The zero-order valence-electron chi connectivity index (χ0n) is 12.7. The molecular formula is C15H25N3O2. The SMILES string of the molecule is COCC1(O)CCN(c2cccnc2CN(C)C)CC1. The Morgan fingerprint density at radius 1 is 1.40 bits per heavy atom. The molecule has 5 heteroatoms. The first-order valence-corrected chi connectivity index (χ1v) is 7.09. The monoisotopic (exact) mass is 279 g/mol. The molecule has 1 saturated heterocycles. The first-order valence-electron chi connectivity index (χ1n) is 7.09. The molecule has 1 aromatic rings. The van der Waals surface area contributed by atoms with Gasteiger partial charge in [-0.2, -0.15) is 0 Å². The van der Waals surface area contributed by atoms with Crippen LogP contribution in [-0.2, 0) is 11.3 Å². The number of hydrogen-bond donors (Lipinski definition) is 1. The molecule has 2 heterocycles. The van der Waals surface area contributed by atoms with Crippen LogP contribution < -0.4 is 4.90 Å². The fourth-order valence-corrected chi connectivity index (χ4v) is 2.72. The number of anilines is 1. The summed E-state index contributed by atoms with van der Waals surface area (Å²) in [6.45, 7) is 2.92. The largest absolute Gasteiger partial charge is 0.387 e. The quantitative estimate of drug-likeness (QED) is 0.875. The van der Waals surface area contributed by atoms with E-state index in [1.54, 1.807) is 7.11 Å². The normalized spacial score (nSPS) is 18.6. The van der Waals surface area contributed by atoms with Crippen molar-refractivity contribution in [2.24, 2.45) is 0 Å². The summed E-state index contributed by atoms with van der Waals surface area (Å²) in [7, 11) is 5.73. The third-order valence-corrected chi connectivity index (χ3v) is 3.78. The van der Waals surface area contributed by atoms with Gasteiger partial charge >= 0.3 is 0 Å². The number of aromatic nitrogens is 1. The van der Waals surface area contributed by atoms with Crippen LogP contribution in [0.1, 0.15) is 18.5 Å². The number of methoxy groups -OCH3 is 1. The number of nitrogens with zero attached hydrogens (tertiary/aromatic N) is 3. The van der Waals surface area contributed by atoms with Crippen molar-refractivity contribution in [3.8, 4) is 0 Å². The van der Waals surface area contributed by atoms with E-state index in [2.05, 4.69) is 20.9 Å². The average molecular weight is 279 g/mol. The molecule has 0 aromatic carbocycles. The molecule has 20 heavy (non-hydrogen) atoms. The van der Waals surface area contributed by atoms with Gasteiger partial charge < -0.3 is 19.6 Å². The van der Waals surface area contributed by atoms with Gasteiger partial charge in [-0.25, -0.2) is 0 Å². The van der Waals surface area contributed by atoms with E-state index < -0.39 is 5.60 Å². The van der Waals surface area contributed by atoms with E-state index in [0.29, 0.717) is 6.61 Å². The number of pyridine rings is 1. The van der Waals surface area contributed by atoms with Crippen molar-refractivity contribution in [3.05, 3.63) is 24.0 Å². The summed E-state index contributed by atoms with van der Waals surface area (Å²) >= 11 is 0. The van der Waals surface area contributed by atoms with Crippen LogP contribution in [0.25, 0.3) is 0 Å². The van der Waals surface area contributed by atoms with Crippen LogP contribution in [0, 0.1) is 0 Å². The van der Waals surface area contributed by atoms with E-state index in [9.17, 15) is 5.11 Å². The van der Waals surface area contributed by atoms with E-state index in [4.69, 9.17) is 4.74 Å². The Kier molecular flexibility index (Phi) is 4.96. The maximum absolute atomic E-state index is 10.4. The molecular weight excluding hydrogens is 254 g/mol. The molecule has 0 spiro atoms. The van der Waals surface area contributed by atoms with Crippen molar-refractivity contribution in [2.45, 2.75) is 25.0 Å². The maximum atomic E-state index is 10.4. The summed E-state index contributed by atoms with van der Waals surface area (Å²) in [5, 5.41) is 10.4. The van der Waals surface area contributed by atoms with Gasteiger partial charge in [0, 0.05) is 32.9 Å². The lowest BCUT2D eigenvalue weighted by Crippen LogP contribution is -2.47. The Morgan fingerprint density at radius 3 is 2.70 bits per heavy atom. The summed E-state index contributed by atoms with van der Waals surface area (Å²) in [5.41, 5.74) is 1.60. The van der Waals surface area contributed by atoms with E-state index in [0.717, 1.165) is 38.2 Å². The molecule has 112 valence electrons. The minimum Gasteiger partial charge on any atom is -0.387 e. The zero-order chi connectivity index (χ0) is 14.6. The number of aliphatic hydroxyl groups is 1. The minimum atomic E-state index is -0.671. The van der Waals surface area contributed by atoms with Crippen molar-refractivity contribution in [1.82, 2.24) is 9.88 Å². The molecule has 0 amide bonds. The van der Waals surface area contributed by atoms with Gasteiger partial charge in [-0.1, -0.05) is 0 Å². The summed E-state index contributed by atoms with van der Waals surface area (Å²) in [4.78, 5) is 8.93. The third kappa shape index (κ3) is 3.69. The Bertz CT molecular complexity index is 429. The zero-order valence-corrected chi connectivity index (χ0v) is 12.7. The molecule has 0 radical (unpaired) electrons. The topological polar surface area (TPSA) is 48.8 Å². The van der Waals surface area contributed by atoms with Crippen LogP contribution in [0.5, 0.6) is 0 Å². The minimum absolute atomic E-state index is 0.415. The number of piperidine rings is 1. The third-order valence-electron chi connectivity index (χ3n) is 3.78. The number of hydrogen-bond acceptors (Lipinski definition) is 5. The van der Waals surface area contributed by atoms with Gasteiger partial charge in [-0.05, 0) is 39.1 Å². The molecule has 1 N–H and O–H groups in total. The highest BCUT2D eigenvalue weighted by molar-refractivity contribution is 5.51. The second kappa shape index (κ2) is 6.52. The second-order valence-corrected chi connectivity index (χ2v) is 5.85. The molecule has 0 unspecified atom stereocenters. The molecule has 1 aliphatic heterocycles. The standard InChI is InChI=1S/C15H25N3O2/c1-17(2)11-13-14(5-4-8-16-13)18-9-6-15(19,7-10-18)12-20-3/h4-5,8,19H,6-7,9-12H2,1-3H3. The molecule has 1 aliphatic rings. The van der Waals surface area contributed by atoms with Gasteiger partial charge in [-0.3, -0.25) is 4.98 Å². The van der Waals surface area contributed by atoms with Crippen molar-refractivity contribution < 1.29 is 9.84 Å². The lowest BCUT2D eigenvalue weighted by Gasteiger charge is -2.39. The van der Waals surface area contributed by atoms with Gasteiger partial charge in [0.2, 0.25) is 0 Å². The van der Waals surface area contributed by atoms with E-state index in [-0.39, 0.29) is 0 Å². The Morgan fingerprint density at radius 2 is 2.10 bits per heavy atom. The predicted molar refractivity (Wildman–Crippen MR) is 79.9 cm³/mol. The lowest BCUT2D eigenvalue weighted by molar-refractivity contribution is -0.0472. The lowest BCUT2D eigenvalue weighted by atomic mass is 9.92. The highest BCUT2D eigenvalue weighted by Crippen LogP contribution is 2.28. The van der Waals surface area contributed by atoms with Crippen LogP contribution >= 0.6 is 0 Å². The number of ether oxygens (including phenoxy) is 1. The fourth-order valence-electron chi connectivity index (χ4n) is 2.72. The summed E-state index contributed by atoms with van der Waals surface area (Å²) < 4.78 is 5.11. The first-order chi connectivity index (χ1) is 9.54. The molecule has 2 rings (SSSR count). The van der Waals surface area contributed by atoms with Crippen molar-refractivity contribution >= 4 is 5.69 Å². The average Bonchev–Trinajstić information content (AvgIpc) is 2.40. The van der Waals surface area contributed by atoms with E-state index in [1.165, 1.54) is 5.69 Å². The van der Waals surface area contributed by atoms with Crippen LogP contribution in [0.2, 0.25) is 0 Å². The highest BCUT2D eigenvalue weighted by Gasteiger charge is 2.32. The Hall–Kier alpha value is -1.17. The molecule has 5 nitrogen and oxygen atoms in total. The van der Waals surface area contributed by atoms with E-state index in [1.807, 2.05) is 26.4 Å². The predicted octanol–water partition coefficient (Wildman–Crippen LogP) is 1.12. The molecule has 1 aromatic heterocycles. The van der Waals surface area contributed by atoms with Crippen molar-refractivity contribution in [1.29, 1.82) is 0 Å². The highest BCUT2D eigenvalue weighted by atomic mass is 16.5. The molecule has 0 saturated carbocycles. The van der Waals surface area contributed by atoms with Crippen LogP contribution in [0.15, 0.2) is 18.3 Å². The smallest absolute Gasteiger partial charge is 0.0913 e. The van der Waals surface area contributed by atoms with Crippen LogP contribution in [0.4, 0.5) is 5.69 Å². The Labute approximate surface area is 121 Å². The van der Waals surface area contributed by atoms with Gasteiger partial charge in [0.05, 0.1) is 23.6 Å². The first kappa shape index (κ1) is 15.2. The van der Waals surface area contributed by atoms with Gasteiger partial charge in [0.15, 0.2) is 0 Å². The molecule has 0 bridgehead atoms. The second-order valence-electron chi connectivity index (χ2n) is 5.85. The Balaban J connectivity index is 2.07. The maximum Gasteiger partial charge on any atom is 0.0913 e. The summed E-state index contributed by atoms with van der Waals surface area (Å²) in [5.74, 6) is 0. The van der Waals surface area contributed by atoms with Gasteiger partial charge in [0.25, 0.3) is 0 Å². The van der Waals surface area contributed by atoms with Gasteiger partial charge in [0.1, 0.15) is 0 Å². The molecule has 0 atom stereocenters. The summed E-state index contributed by atoms with van der Waals surface area (Å²) in [6.07, 6.45) is 3.31. The number of rotatable bonds is 5. The van der Waals surface area contributed by atoms with Gasteiger partial charge in [-0.15, -0.1) is 0 Å². The van der Waals surface area contributed by atoms with Crippen LogP contribution in [0.3, 0.4) is 0 Å². The summed E-state index contributed by atoms with van der Waals surface area (Å²) in [6, 6.07) is 4.09. The van der Waals surface area contributed by atoms with Crippen LogP contribution in [-0.4, -0.2) is 61.5 Å². The van der Waals surface area contributed by atoms with Crippen molar-refractivity contribution in [3.63, 3.8) is 0 Å². The van der Waals surface area contributed by atoms with Crippen molar-refractivity contribution in [2.75, 3.05) is 45.8 Å². The molecule has 1 fully saturated rings.